The zero-order chi connectivity index (χ0) is 16.8. The summed E-state index contributed by atoms with van der Waals surface area (Å²) in [4.78, 5) is 6.42. The van der Waals surface area contributed by atoms with Crippen LogP contribution in [0.4, 0.5) is 0 Å². The third kappa shape index (κ3) is 11.0. The lowest BCUT2D eigenvalue weighted by atomic mass is 10.1. The molecule has 2 aromatic rings. The number of benzene rings is 1. The van der Waals surface area contributed by atoms with Crippen LogP contribution >= 0.6 is 0 Å². The molecule has 2 heteroatoms. The first-order valence-corrected chi connectivity index (χ1v) is 8.13. The minimum Gasteiger partial charge on any atom is -0.310 e. The van der Waals surface area contributed by atoms with E-state index in [1.807, 2.05) is 18.3 Å². The fourth-order valence-electron chi connectivity index (χ4n) is 1.42. The summed E-state index contributed by atoms with van der Waals surface area (Å²) in [6.07, 6.45) is 4.00. The van der Waals surface area contributed by atoms with E-state index in [4.69, 9.17) is 0 Å². The van der Waals surface area contributed by atoms with Crippen molar-refractivity contribution in [3.8, 4) is 0 Å². The molecule has 0 amide bonds. The van der Waals surface area contributed by atoms with Gasteiger partial charge in [0.25, 0.3) is 0 Å². The van der Waals surface area contributed by atoms with Crippen molar-refractivity contribution in [2.24, 2.45) is 0 Å². The molecule has 22 heavy (non-hydrogen) atoms. The first-order chi connectivity index (χ1) is 10.5. The van der Waals surface area contributed by atoms with E-state index in [0.717, 1.165) is 18.7 Å². The maximum atomic E-state index is 4.30. The van der Waals surface area contributed by atoms with Gasteiger partial charge in [-0.25, -0.2) is 0 Å². The predicted molar refractivity (Wildman–Crippen MR) is 98.4 cm³/mol. The summed E-state index contributed by atoms with van der Waals surface area (Å²) >= 11 is 0. The number of aryl methyl sites for hydroxylation is 1. The van der Waals surface area contributed by atoms with Crippen molar-refractivity contribution in [2.75, 3.05) is 20.6 Å². The van der Waals surface area contributed by atoms with Gasteiger partial charge in [0.1, 0.15) is 0 Å². The molecule has 0 N–H and O–H groups in total. The Morgan fingerprint density at radius 2 is 1.45 bits per heavy atom. The van der Waals surface area contributed by atoms with Gasteiger partial charge in [-0.15, -0.1) is 0 Å². The van der Waals surface area contributed by atoms with Crippen LogP contribution in [0.25, 0.3) is 0 Å². The van der Waals surface area contributed by atoms with Crippen molar-refractivity contribution in [1.29, 1.82) is 0 Å². The van der Waals surface area contributed by atoms with E-state index in [9.17, 15) is 0 Å². The molecule has 0 radical (unpaired) electrons. The fourth-order valence-corrected chi connectivity index (χ4v) is 1.42. The second kappa shape index (κ2) is 13.0. The van der Waals surface area contributed by atoms with E-state index in [-0.39, 0.29) is 0 Å². The molecule has 1 heterocycles. The second-order valence-electron chi connectivity index (χ2n) is 5.59. The Labute approximate surface area is 137 Å². The summed E-state index contributed by atoms with van der Waals surface area (Å²) in [7, 11) is 4.11. The summed E-state index contributed by atoms with van der Waals surface area (Å²) in [6, 6.07) is 14.6. The molecule has 0 unspecified atom stereocenters. The molecule has 0 spiro atoms. The topological polar surface area (TPSA) is 16.1 Å². The molecule has 0 saturated carbocycles. The van der Waals surface area contributed by atoms with Crippen LogP contribution in [0.1, 0.15) is 44.0 Å². The van der Waals surface area contributed by atoms with Crippen LogP contribution in [0.15, 0.2) is 48.7 Å². The Balaban J connectivity index is 0.000000465. The maximum Gasteiger partial charge on any atom is 0.0447 e. The van der Waals surface area contributed by atoms with E-state index < -0.39 is 0 Å². The number of nitrogens with zero attached hydrogens (tertiary/aromatic N) is 2. The van der Waals surface area contributed by atoms with Gasteiger partial charge in [-0.3, -0.25) is 4.98 Å². The average molecular weight is 300 g/mol. The molecular weight excluding hydrogens is 268 g/mol. The van der Waals surface area contributed by atoms with Gasteiger partial charge in [-0.1, -0.05) is 63.1 Å². The highest BCUT2D eigenvalue weighted by atomic mass is 15.0. The summed E-state index contributed by atoms with van der Waals surface area (Å²) in [6.45, 7) is 9.62. The average Bonchev–Trinajstić information content (AvgIpc) is 2.52. The summed E-state index contributed by atoms with van der Waals surface area (Å²) in [5.74, 6) is 0. The van der Waals surface area contributed by atoms with Crippen molar-refractivity contribution in [3.05, 3.63) is 65.5 Å². The maximum absolute atomic E-state index is 4.30. The highest BCUT2D eigenvalue weighted by molar-refractivity contribution is 5.25. The number of rotatable bonds is 3. The first-order valence-electron chi connectivity index (χ1n) is 8.13. The SMILES string of the molecule is CCC.CCN(C)C.Cc1ccc(Cc2ccccn2)cc1. The number of aromatic nitrogens is 1. The van der Waals surface area contributed by atoms with Gasteiger partial charge in [0, 0.05) is 18.3 Å². The zero-order valence-electron chi connectivity index (χ0n) is 15.1. The summed E-state index contributed by atoms with van der Waals surface area (Å²) < 4.78 is 0. The van der Waals surface area contributed by atoms with Gasteiger partial charge < -0.3 is 4.90 Å². The van der Waals surface area contributed by atoms with Gasteiger partial charge in [-0.2, -0.15) is 0 Å². The lowest BCUT2D eigenvalue weighted by Gasteiger charge is -2.00. The van der Waals surface area contributed by atoms with E-state index in [2.05, 4.69) is 82.0 Å². The molecule has 0 atom stereocenters. The lowest BCUT2D eigenvalue weighted by molar-refractivity contribution is 0.434. The molecule has 0 aliphatic carbocycles. The Kier molecular flexibility index (Phi) is 12.0. The van der Waals surface area contributed by atoms with Gasteiger partial charge in [0.2, 0.25) is 0 Å². The van der Waals surface area contributed by atoms with Gasteiger partial charge in [-0.05, 0) is 45.3 Å². The van der Waals surface area contributed by atoms with Crippen LogP contribution in [-0.2, 0) is 6.42 Å². The standard InChI is InChI=1S/C13H13N.C4H11N.C3H8/c1-11-5-7-12(8-6-11)10-13-4-2-3-9-14-13;1-4-5(2)3;1-3-2/h2-9H,10H2,1H3;4H2,1-3H3;3H2,1-2H3. The third-order valence-corrected chi connectivity index (χ3v) is 2.86. The minimum atomic E-state index is 0.918. The normalized spacial score (nSPS) is 9.41. The van der Waals surface area contributed by atoms with E-state index >= 15 is 0 Å². The molecule has 0 bridgehead atoms. The van der Waals surface area contributed by atoms with Crippen LogP contribution in [0.2, 0.25) is 0 Å². The van der Waals surface area contributed by atoms with Crippen molar-refractivity contribution in [2.45, 2.75) is 40.5 Å². The minimum absolute atomic E-state index is 0.918. The quantitative estimate of drug-likeness (QED) is 0.796. The molecule has 1 aromatic heterocycles. The van der Waals surface area contributed by atoms with Gasteiger partial charge in [0.15, 0.2) is 0 Å². The van der Waals surface area contributed by atoms with Crippen LogP contribution in [-0.4, -0.2) is 30.5 Å². The van der Waals surface area contributed by atoms with Crippen molar-refractivity contribution >= 4 is 0 Å². The van der Waals surface area contributed by atoms with Crippen molar-refractivity contribution in [1.82, 2.24) is 9.88 Å². The van der Waals surface area contributed by atoms with Crippen LogP contribution in [0.3, 0.4) is 0 Å². The Morgan fingerprint density at radius 3 is 1.86 bits per heavy atom. The molecule has 0 saturated heterocycles. The molecule has 0 aliphatic rings. The van der Waals surface area contributed by atoms with E-state index in [0.29, 0.717) is 0 Å². The van der Waals surface area contributed by atoms with Crippen molar-refractivity contribution < 1.29 is 0 Å². The predicted octanol–water partition coefficient (Wildman–Crippen LogP) is 4.97. The third-order valence-electron chi connectivity index (χ3n) is 2.86. The summed E-state index contributed by atoms with van der Waals surface area (Å²) in [5.41, 5.74) is 3.74. The lowest BCUT2D eigenvalue weighted by Crippen LogP contribution is -2.08. The van der Waals surface area contributed by atoms with E-state index in [1.54, 1.807) is 0 Å². The van der Waals surface area contributed by atoms with Crippen molar-refractivity contribution in [3.63, 3.8) is 0 Å². The highest BCUT2D eigenvalue weighted by Crippen LogP contribution is 2.08. The molecule has 0 fully saturated rings. The fraction of sp³-hybridized carbons (Fsp3) is 0.450. The Hall–Kier alpha value is -1.67. The van der Waals surface area contributed by atoms with Gasteiger partial charge >= 0.3 is 0 Å². The molecule has 2 nitrogen and oxygen atoms in total. The molecule has 2 rings (SSSR count). The number of pyridine rings is 1. The highest BCUT2D eigenvalue weighted by Gasteiger charge is 1.95. The molecular formula is C20H32N2. The van der Waals surface area contributed by atoms with Crippen LogP contribution in [0.5, 0.6) is 0 Å². The zero-order valence-corrected chi connectivity index (χ0v) is 15.1. The monoisotopic (exact) mass is 300 g/mol. The Bertz CT molecular complexity index is 461. The smallest absolute Gasteiger partial charge is 0.0447 e. The largest absolute Gasteiger partial charge is 0.310 e. The summed E-state index contributed by atoms with van der Waals surface area (Å²) in [5, 5.41) is 0. The van der Waals surface area contributed by atoms with Crippen LogP contribution in [0, 0.1) is 6.92 Å². The van der Waals surface area contributed by atoms with Gasteiger partial charge in [0.05, 0.1) is 0 Å². The Morgan fingerprint density at radius 1 is 0.909 bits per heavy atom. The first kappa shape index (κ1) is 20.3. The molecule has 122 valence electrons. The number of hydrogen-bond acceptors (Lipinski definition) is 2. The number of hydrogen-bond donors (Lipinski definition) is 0. The molecule has 1 aromatic carbocycles. The van der Waals surface area contributed by atoms with Crippen LogP contribution < -0.4 is 0 Å². The van der Waals surface area contributed by atoms with E-state index in [1.165, 1.54) is 17.5 Å². The second-order valence-corrected chi connectivity index (χ2v) is 5.59. The molecule has 0 aliphatic heterocycles.